The number of phenolic OH excluding ortho intramolecular Hbond substituents is 1. The fraction of sp³-hybridized carbons (Fsp3) is 0.438. The first-order valence-electron chi connectivity index (χ1n) is 6.91. The molecule has 1 aromatic carbocycles. The van der Waals surface area contributed by atoms with Gasteiger partial charge in [0, 0.05) is 12.1 Å². The van der Waals surface area contributed by atoms with Crippen LogP contribution in [0.4, 0.5) is 0 Å². The van der Waals surface area contributed by atoms with Crippen LogP contribution in [0.1, 0.15) is 38.2 Å². The number of nitrogens with one attached hydrogen (secondary N) is 1. The quantitative estimate of drug-likeness (QED) is 0.819. The van der Waals surface area contributed by atoms with Crippen molar-refractivity contribution in [3.05, 3.63) is 35.9 Å². The summed E-state index contributed by atoms with van der Waals surface area (Å²) in [6.45, 7) is 2.27. The van der Waals surface area contributed by atoms with E-state index in [2.05, 4.69) is 12.2 Å². The summed E-state index contributed by atoms with van der Waals surface area (Å²) in [7, 11) is 0. The largest absolute Gasteiger partial charge is 0.508 e. The van der Waals surface area contributed by atoms with Crippen molar-refractivity contribution in [3.63, 3.8) is 0 Å². The number of rotatable bonds is 3. The van der Waals surface area contributed by atoms with Crippen LogP contribution < -0.4 is 5.32 Å². The molecule has 0 atom stereocenters. The van der Waals surface area contributed by atoms with Crippen LogP contribution >= 0.6 is 0 Å². The van der Waals surface area contributed by atoms with E-state index >= 15 is 0 Å². The fourth-order valence-corrected chi connectivity index (χ4v) is 2.41. The lowest BCUT2D eigenvalue weighted by Crippen LogP contribution is -2.36. The number of hydrogen-bond donors (Lipinski definition) is 2. The lowest BCUT2D eigenvalue weighted by Gasteiger charge is -2.26. The Kier molecular flexibility index (Phi) is 4.61. The molecule has 102 valence electrons. The van der Waals surface area contributed by atoms with E-state index < -0.39 is 0 Å². The number of amides is 1. The third kappa shape index (κ3) is 4.43. The fourth-order valence-electron chi connectivity index (χ4n) is 2.41. The van der Waals surface area contributed by atoms with E-state index in [0.29, 0.717) is 6.04 Å². The minimum absolute atomic E-state index is 0.0346. The second kappa shape index (κ2) is 6.41. The molecular weight excluding hydrogens is 238 g/mol. The van der Waals surface area contributed by atoms with E-state index in [-0.39, 0.29) is 11.7 Å². The smallest absolute Gasteiger partial charge is 0.244 e. The molecule has 0 unspecified atom stereocenters. The van der Waals surface area contributed by atoms with E-state index in [9.17, 15) is 4.79 Å². The second-order valence-corrected chi connectivity index (χ2v) is 5.39. The van der Waals surface area contributed by atoms with Gasteiger partial charge in [-0.15, -0.1) is 0 Å². The topological polar surface area (TPSA) is 49.3 Å². The van der Waals surface area contributed by atoms with Crippen molar-refractivity contribution < 1.29 is 9.90 Å². The van der Waals surface area contributed by atoms with Crippen molar-refractivity contribution >= 4 is 12.0 Å². The second-order valence-electron chi connectivity index (χ2n) is 5.39. The molecule has 2 rings (SSSR count). The Morgan fingerprint density at radius 2 is 1.84 bits per heavy atom. The van der Waals surface area contributed by atoms with Crippen LogP contribution in [0.3, 0.4) is 0 Å². The van der Waals surface area contributed by atoms with Crippen LogP contribution in [0.15, 0.2) is 30.3 Å². The average Bonchev–Trinajstić information content (AvgIpc) is 2.41. The van der Waals surface area contributed by atoms with Gasteiger partial charge in [-0.2, -0.15) is 0 Å². The molecule has 1 fully saturated rings. The van der Waals surface area contributed by atoms with Gasteiger partial charge in [0.05, 0.1) is 0 Å². The molecule has 0 saturated heterocycles. The maximum absolute atomic E-state index is 11.8. The van der Waals surface area contributed by atoms with Crippen LogP contribution in [0.2, 0.25) is 0 Å². The lowest BCUT2D eigenvalue weighted by atomic mass is 9.87. The zero-order valence-corrected chi connectivity index (χ0v) is 11.3. The SMILES string of the molecule is C[C@H]1CC[C@H](NC(=O)C=Cc2ccc(O)cc2)CC1. The van der Waals surface area contributed by atoms with Crippen molar-refractivity contribution in [2.75, 3.05) is 0 Å². The summed E-state index contributed by atoms with van der Waals surface area (Å²) in [4.78, 5) is 11.8. The maximum Gasteiger partial charge on any atom is 0.244 e. The molecule has 0 radical (unpaired) electrons. The molecular formula is C16H21NO2. The van der Waals surface area contributed by atoms with Gasteiger partial charge < -0.3 is 10.4 Å². The third-order valence-corrected chi connectivity index (χ3v) is 3.68. The summed E-state index contributed by atoms with van der Waals surface area (Å²) >= 11 is 0. The highest BCUT2D eigenvalue weighted by Gasteiger charge is 2.18. The maximum atomic E-state index is 11.8. The van der Waals surface area contributed by atoms with Gasteiger partial charge in [-0.25, -0.2) is 0 Å². The van der Waals surface area contributed by atoms with Gasteiger partial charge in [0.1, 0.15) is 5.75 Å². The highest BCUT2D eigenvalue weighted by molar-refractivity contribution is 5.91. The third-order valence-electron chi connectivity index (χ3n) is 3.68. The van der Waals surface area contributed by atoms with Gasteiger partial charge >= 0.3 is 0 Å². The predicted molar refractivity (Wildman–Crippen MR) is 76.7 cm³/mol. The Morgan fingerprint density at radius 1 is 1.21 bits per heavy atom. The first-order valence-corrected chi connectivity index (χ1v) is 6.91. The van der Waals surface area contributed by atoms with E-state index in [1.165, 1.54) is 12.8 Å². The molecule has 3 heteroatoms. The molecule has 1 aliphatic rings. The molecule has 3 nitrogen and oxygen atoms in total. The van der Waals surface area contributed by atoms with Gasteiger partial charge in [0.25, 0.3) is 0 Å². The summed E-state index contributed by atoms with van der Waals surface area (Å²) in [5.74, 6) is 0.992. The lowest BCUT2D eigenvalue weighted by molar-refractivity contribution is -0.117. The van der Waals surface area contributed by atoms with Crippen LogP contribution in [0.25, 0.3) is 6.08 Å². The number of phenols is 1. The molecule has 1 amide bonds. The molecule has 2 N–H and O–H groups in total. The van der Waals surface area contributed by atoms with E-state index in [1.807, 2.05) is 0 Å². The average molecular weight is 259 g/mol. The Labute approximate surface area is 114 Å². The van der Waals surface area contributed by atoms with Crippen LogP contribution in [-0.4, -0.2) is 17.1 Å². The van der Waals surface area contributed by atoms with Gasteiger partial charge in [0.2, 0.25) is 5.91 Å². The van der Waals surface area contributed by atoms with Crippen molar-refractivity contribution in [3.8, 4) is 5.75 Å². The van der Waals surface area contributed by atoms with Crippen LogP contribution in [0.5, 0.6) is 5.75 Å². The zero-order chi connectivity index (χ0) is 13.7. The highest BCUT2D eigenvalue weighted by Crippen LogP contribution is 2.23. The van der Waals surface area contributed by atoms with E-state index in [0.717, 1.165) is 24.3 Å². The standard InChI is InChI=1S/C16H21NO2/c1-12-2-7-14(8-3-12)17-16(19)11-6-13-4-9-15(18)10-5-13/h4-6,9-12,14,18H,2-3,7-8H2,1H3,(H,17,19)/t12-,14-. The Morgan fingerprint density at radius 3 is 2.47 bits per heavy atom. The van der Waals surface area contributed by atoms with Gasteiger partial charge in [-0.1, -0.05) is 19.1 Å². The molecule has 1 saturated carbocycles. The van der Waals surface area contributed by atoms with Crippen molar-refractivity contribution in [1.82, 2.24) is 5.32 Å². The van der Waals surface area contributed by atoms with Crippen molar-refractivity contribution in [1.29, 1.82) is 0 Å². The Hall–Kier alpha value is -1.77. The molecule has 1 aromatic rings. The van der Waals surface area contributed by atoms with Crippen molar-refractivity contribution in [2.24, 2.45) is 5.92 Å². The van der Waals surface area contributed by atoms with Gasteiger partial charge in [-0.3, -0.25) is 4.79 Å². The minimum Gasteiger partial charge on any atom is -0.508 e. The number of benzene rings is 1. The molecule has 0 aromatic heterocycles. The number of carbonyl (C=O) groups is 1. The summed E-state index contributed by atoms with van der Waals surface area (Å²) < 4.78 is 0. The number of carbonyl (C=O) groups excluding carboxylic acids is 1. The van der Waals surface area contributed by atoms with Crippen LogP contribution in [0, 0.1) is 5.92 Å². The first kappa shape index (κ1) is 13.7. The van der Waals surface area contributed by atoms with Crippen molar-refractivity contribution in [2.45, 2.75) is 38.6 Å². The summed E-state index contributed by atoms with van der Waals surface area (Å²) in [5.41, 5.74) is 0.908. The highest BCUT2D eigenvalue weighted by atomic mass is 16.3. The molecule has 0 spiro atoms. The van der Waals surface area contributed by atoms with Gasteiger partial charge in [-0.05, 0) is 55.4 Å². The molecule has 0 heterocycles. The monoisotopic (exact) mass is 259 g/mol. The molecule has 0 aliphatic heterocycles. The molecule has 1 aliphatic carbocycles. The van der Waals surface area contributed by atoms with E-state index in [1.54, 1.807) is 36.4 Å². The van der Waals surface area contributed by atoms with Gasteiger partial charge in [0.15, 0.2) is 0 Å². The van der Waals surface area contributed by atoms with Crippen LogP contribution in [-0.2, 0) is 4.79 Å². The summed E-state index contributed by atoms with van der Waals surface area (Å²) in [6, 6.07) is 7.11. The number of aromatic hydroxyl groups is 1. The normalized spacial score (nSPS) is 23.4. The predicted octanol–water partition coefficient (Wildman–Crippen LogP) is 3.10. The zero-order valence-electron chi connectivity index (χ0n) is 11.3. The van der Waals surface area contributed by atoms with E-state index in [4.69, 9.17) is 5.11 Å². The Bertz CT molecular complexity index is 442. The summed E-state index contributed by atoms with van der Waals surface area (Å²) in [6.07, 6.45) is 7.89. The molecule has 19 heavy (non-hydrogen) atoms. The Balaban J connectivity index is 1.82. The first-order chi connectivity index (χ1) is 9.13. The minimum atomic E-state index is -0.0346. The summed E-state index contributed by atoms with van der Waals surface area (Å²) in [5, 5.41) is 12.2. The number of hydrogen-bond acceptors (Lipinski definition) is 2. The molecule has 0 bridgehead atoms.